The van der Waals surface area contributed by atoms with Crippen LogP contribution in [0.2, 0.25) is 0 Å². The number of nitrogens with two attached hydrogens (primary N) is 1. The summed E-state index contributed by atoms with van der Waals surface area (Å²) >= 11 is 0. The highest BCUT2D eigenvalue weighted by Gasteiger charge is 2.39. The van der Waals surface area contributed by atoms with Crippen LogP contribution in [-0.4, -0.2) is 23.4 Å². The van der Waals surface area contributed by atoms with E-state index in [1.54, 1.807) is 0 Å². The third-order valence-corrected chi connectivity index (χ3v) is 4.28. The van der Waals surface area contributed by atoms with Crippen LogP contribution in [0.15, 0.2) is 24.3 Å². The molecule has 1 saturated carbocycles. The molecule has 1 heterocycles. The normalized spacial score (nSPS) is 35.4. The Bertz CT molecular complexity index is 434. The van der Waals surface area contributed by atoms with Crippen LogP contribution in [0.3, 0.4) is 0 Å². The van der Waals surface area contributed by atoms with Crippen molar-refractivity contribution in [3.63, 3.8) is 0 Å². The molecular weight excluding hydrogens is 226 g/mol. The number of ether oxygens (including phenoxy) is 1. The second-order valence-corrected chi connectivity index (χ2v) is 5.74. The zero-order valence-electron chi connectivity index (χ0n) is 10.6. The Morgan fingerprint density at radius 3 is 3.00 bits per heavy atom. The van der Waals surface area contributed by atoms with E-state index in [9.17, 15) is 5.11 Å². The standard InChI is InChI=1S/C15H21NO2/c16-12-5-7-15(17,9-12)10-14-13-4-2-1-3-11(13)6-8-18-14/h1-4,12,14,17H,5-10,16H2. The van der Waals surface area contributed by atoms with Gasteiger partial charge in [0.1, 0.15) is 0 Å². The third-order valence-electron chi connectivity index (χ3n) is 4.28. The van der Waals surface area contributed by atoms with Gasteiger partial charge in [-0.25, -0.2) is 0 Å². The molecule has 1 fully saturated rings. The first-order valence-corrected chi connectivity index (χ1v) is 6.84. The molecule has 1 aliphatic heterocycles. The van der Waals surface area contributed by atoms with Gasteiger partial charge in [-0.05, 0) is 36.8 Å². The molecule has 0 amide bonds. The number of hydrogen-bond acceptors (Lipinski definition) is 3. The van der Waals surface area contributed by atoms with Gasteiger partial charge in [-0.2, -0.15) is 0 Å². The molecular formula is C15H21NO2. The van der Waals surface area contributed by atoms with Crippen molar-refractivity contribution in [2.75, 3.05) is 6.61 Å². The molecule has 1 aliphatic carbocycles. The maximum Gasteiger partial charge on any atom is 0.0855 e. The minimum atomic E-state index is -0.630. The van der Waals surface area contributed by atoms with E-state index in [0.29, 0.717) is 12.8 Å². The van der Waals surface area contributed by atoms with Crippen molar-refractivity contribution < 1.29 is 9.84 Å². The summed E-state index contributed by atoms with van der Waals surface area (Å²) in [7, 11) is 0. The summed E-state index contributed by atoms with van der Waals surface area (Å²) in [4.78, 5) is 0. The van der Waals surface area contributed by atoms with Gasteiger partial charge in [-0.3, -0.25) is 0 Å². The zero-order valence-corrected chi connectivity index (χ0v) is 10.6. The fourth-order valence-electron chi connectivity index (χ4n) is 3.32. The van der Waals surface area contributed by atoms with E-state index in [-0.39, 0.29) is 12.1 Å². The first-order chi connectivity index (χ1) is 8.66. The second-order valence-electron chi connectivity index (χ2n) is 5.74. The van der Waals surface area contributed by atoms with Crippen molar-refractivity contribution in [1.29, 1.82) is 0 Å². The molecule has 0 radical (unpaired) electrons. The molecule has 3 unspecified atom stereocenters. The summed E-state index contributed by atoms with van der Waals surface area (Å²) in [6.45, 7) is 0.754. The van der Waals surface area contributed by atoms with Gasteiger partial charge in [0.05, 0.1) is 18.3 Å². The van der Waals surface area contributed by atoms with Crippen LogP contribution in [0.4, 0.5) is 0 Å². The lowest BCUT2D eigenvalue weighted by molar-refractivity contribution is -0.0430. The zero-order chi connectivity index (χ0) is 12.6. The topological polar surface area (TPSA) is 55.5 Å². The van der Waals surface area contributed by atoms with Crippen molar-refractivity contribution >= 4 is 0 Å². The molecule has 0 spiro atoms. The quantitative estimate of drug-likeness (QED) is 0.839. The average Bonchev–Trinajstić information content (AvgIpc) is 2.70. The molecule has 18 heavy (non-hydrogen) atoms. The van der Waals surface area contributed by atoms with E-state index in [2.05, 4.69) is 18.2 Å². The van der Waals surface area contributed by atoms with E-state index < -0.39 is 5.60 Å². The minimum Gasteiger partial charge on any atom is -0.390 e. The van der Waals surface area contributed by atoms with Crippen LogP contribution in [0.1, 0.15) is 42.9 Å². The van der Waals surface area contributed by atoms with E-state index in [1.165, 1.54) is 11.1 Å². The van der Waals surface area contributed by atoms with E-state index >= 15 is 0 Å². The third kappa shape index (κ3) is 2.30. The Labute approximate surface area is 108 Å². The van der Waals surface area contributed by atoms with Crippen LogP contribution in [0.25, 0.3) is 0 Å². The average molecular weight is 247 g/mol. The summed E-state index contributed by atoms with van der Waals surface area (Å²) in [5.74, 6) is 0. The van der Waals surface area contributed by atoms with Gasteiger partial charge in [-0.15, -0.1) is 0 Å². The first kappa shape index (κ1) is 12.2. The Morgan fingerprint density at radius 2 is 2.22 bits per heavy atom. The van der Waals surface area contributed by atoms with Crippen molar-refractivity contribution in [2.24, 2.45) is 5.73 Å². The number of aliphatic hydroxyl groups is 1. The molecule has 3 rings (SSSR count). The summed E-state index contributed by atoms with van der Waals surface area (Å²) in [6.07, 6.45) is 4.11. The molecule has 1 aromatic carbocycles. The number of rotatable bonds is 2. The highest BCUT2D eigenvalue weighted by Crippen LogP contribution is 2.40. The summed E-state index contributed by atoms with van der Waals surface area (Å²) in [5.41, 5.74) is 7.89. The largest absolute Gasteiger partial charge is 0.390 e. The van der Waals surface area contributed by atoms with Crippen molar-refractivity contribution in [3.8, 4) is 0 Å². The van der Waals surface area contributed by atoms with E-state index in [4.69, 9.17) is 10.5 Å². The fraction of sp³-hybridized carbons (Fsp3) is 0.600. The van der Waals surface area contributed by atoms with Crippen molar-refractivity contribution in [1.82, 2.24) is 0 Å². The molecule has 3 nitrogen and oxygen atoms in total. The van der Waals surface area contributed by atoms with Crippen LogP contribution in [0, 0.1) is 0 Å². The lowest BCUT2D eigenvalue weighted by atomic mass is 9.87. The molecule has 98 valence electrons. The van der Waals surface area contributed by atoms with Gasteiger partial charge in [0.25, 0.3) is 0 Å². The van der Waals surface area contributed by atoms with E-state index in [0.717, 1.165) is 25.9 Å². The molecule has 0 bridgehead atoms. The lowest BCUT2D eigenvalue weighted by Crippen LogP contribution is -2.32. The maximum atomic E-state index is 10.6. The highest BCUT2D eigenvalue weighted by atomic mass is 16.5. The molecule has 0 saturated heterocycles. The molecule has 3 N–H and O–H groups in total. The maximum absolute atomic E-state index is 10.6. The smallest absolute Gasteiger partial charge is 0.0855 e. The molecule has 3 atom stereocenters. The predicted molar refractivity (Wildman–Crippen MR) is 70.2 cm³/mol. The molecule has 1 aromatic rings. The fourth-order valence-corrected chi connectivity index (χ4v) is 3.32. The Morgan fingerprint density at radius 1 is 1.39 bits per heavy atom. The van der Waals surface area contributed by atoms with Gasteiger partial charge < -0.3 is 15.6 Å². The Kier molecular flexibility index (Phi) is 3.14. The number of fused-ring (bicyclic) bond motifs is 1. The minimum absolute atomic E-state index is 0.0326. The molecule has 0 aromatic heterocycles. The monoisotopic (exact) mass is 247 g/mol. The van der Waals surface area contributed by atoms with Gasteiger partial charge in [0.2, 0.25) is 0 Å². The number of hydrogen-bond donors (Lipinski definition) is 2. The van der Waals surface area contributed by atoms with Crippen molar-refractivity contribution in [3.05, 3.63) is 35.4 Å². The highest BCUT2D eigenvalue weighted by molar-refractivity contribution is 5.31. The van der Waals surface area contributed by atoms with Gasteiger partial charge in [0.15, 0.2) is 0 Å². The van der Waals surface area contributed by atoms with Gasteiger partial charge in [0, 0.05) is 12.5 Å². The van der Waals surface area contributed by atoms with Crippen LogP contribution in [0.5, 0.6) is 0 Å². The summed E-state index contributed by atoms with van der Waals surface area (Å²) in [6, 6.07) is 8.55. The predicted octanol–water partition coefficient (Wildman–Crippen LogP) is 1.93. The lowest BCUT2D eigenvalue weighted by Gasteiger charge is -2.32. The van der Waals surface area contributed by atoms with Gasteiger partial charge >= 0.3 is 0 Å². The van der Waals surface area contributed by atoms with E-state index in [1.807, 2.05) is 6.07 Å². The second kappa shape index (κ2) is 4.65. The first-order valence-electron chi connectivity index (χ1n) is 6.84. The summed E-state index contributed by atoms with van der Waals surface area (Å²) in [5, 5.41) is 10.6. The van der Waals surface area contributed by atoms with Crippen molar-refractivity contribution in [2.45, 2.75) is 49.9 Å². The van der Waals surface area contributed by atoms with Crippen LogP contribution in [-0.2, 0) is 11.2 Å². The Balaban J connectivity index is 1.78. The Hall–Kier alpha value is -0.900. The van der Waals surface area contributed by atoms with Gasteiger partial charge in [-0.1, -0.05) is 24.3 Å². The molecule has 2 aliphatic rings. The number of benzene rings is 1. The summed E-state index contributed by atoms with van der Waals surface area (Å²) < 4.78 is 5.87. The molecule has 3 heteroatoms. The SMILES string of the molecule is NC1CCC(O)(CC2OCCc3ccccc32)C1. The van der Waals surface area contributed by atoms with Crippen LogP contribution >= 0.6 is 0 Å². The van der Waals surface area contributed by atoms with Crippen LogP contribution < -0.4 is 5.73 Å².